The van der Waals surface area contributed by atoms with Crippen LogP contribution in [0.3, 0.4) is 0 Å². The molecule has 3 nitrogen and oxygen atoms in total. The monoisotopic (exact) mass is 262 g/mol. The molecule has 0 spiro atoms. The van der Waals surface area contributed by atoms with Crippen molar-refractivity contribution in [3.05, 3.63) is 24.0 Å². The lowest BCUT2D eigenvalue weighted by Gasteiger charge is -2.27. The van der Waals surface area contributed by atoms with E-state index < -0.39 is 0 Å². The zero-order valence-electron chi connectivity index (χ0n) is 12.8. The first kappa shape index (κ1) is 14.3. The summed E-state index contributed by atoms with van der Waals surface area (Å²) in [5.41, 5.74) is 1.20. The Morgan fingerprint density at radius 3 is 2.47 bits per heavy atom. The summed E-state index contributed by atoms with van der Waals surface area (Å²) < 4.78 is 6.11. The number of rotatable bonds is 3. The number of aromatic nitrogens is 1. The van der Waals surface area contributed by atoms with Gasteiger partial charge in [0, 0.05) is 17.2 Å². The third kappa shape index (κ3) is 3.47. The van der Waals surface area contributed by atoms with Gasteiger partial charge in [0.2, 0.25) is 0 Å². The number of pyridine rings is 1. The molecule has 1 saturated carbocycles. The van der Waals surface area contributed by atoms with E-state index in [-0.39, 0.29) is 5.41 Å². The van der Waals surface area contributed by atoms with Crippen molar-refractivity contribution in [2.24, 2.45) is 0 Å². The molecule has 1 heterocycles. The van der Waals surface area contributed by atoms with Crippen molar-refractivity contribution in [3.8, 4) is 5.75 Å². The SMILES string of the molecule is CN(C)[C@H]1CCC[C@H]1Oc1ccc(C(C)(C)C)nc1. The standard InChI is InChI=1S/C16H26N2O/c1-16(2,3)15-10-9-12(11-17-15)19-14-8-6-7-13(14)18(4)5/h9-11,13-14H,6-8H2,1-5H3/t13-,14+/m0/s1. The fourth-order valence-corrected chi connectivity index (χ4v) is 2.70. The zero-order chi connectivity index (χ0) is 14.0. The minimum absolute atomic E-state index is 0.0953. The first-order valence-electron chi connectivity index (χ1n) is 7.17. The molecule has 2 atom stereocenters. The van der Waals surface area contributed by atoms with Gasteiger partial charge in [0.1, 0.15) is 11.9 Å². The van der Waals surface area contributed by atoms with Gasteiger partial charge in [-0.3, -0.25) is 4.98 Å². The van der Waals surface area contributed by atoms with Gasteiger partial charge < -0.3 is 9.64 Å². The molecule has 0 amide bonds. The molecule has 19 heavy (non-hydrogen) atoms. The minimum atomic E-state index is 0.0953. The van der Waals surface area contributed by atoms with Crippen LogP contribution in [-0.4, -0.2) is 36.1 Å². The fourth-order valence-electron chi connectivity index (χ4n) is 2.70. The summed E-state index contributed by atoms with van der Waals surface area (Å²) >= 11 is 0. The van der Waals surface area contributed by atoms with Crippen LogP contribution in [0.4, 0.5) is 0 Å². The van der Waals surface area contributed by atoms with Crippen LogP contribution < -0.4 is 4.74 Å². The van der Waals surface area contributed by atoms with Crippen molar-refractivity contribution in [2.45, 2.75) is 57.6 Å². The van der Waals surface area contributed by atoms with E-state index in [0.717, 1.165) is 17.9 Å². The Labute approximate surface area is 117 Å². The van der Waals surface area contributed by atoms with Crippen molar-refractivity contribution in [1.29, 1.82) is 0 Å². The lowest BCUT2D eigenvalue weighted by Crippen LogP contribution is -2.38. The van der Waals surface area contributed by atoms with Gasteiger partial charge in [-0.15, -0.1) is 0 Å². The Hall–Kier alpha value is -1.09. The highest BCUT2D eigenvalue weighted by atomic mass is 16.5. The van der Waals surface area contributed by atoms with Crippen LogP contribution in [0.15, 0.2) is 18.3 Å². The molecule has 1 aromatic rings. The lowest BCUT2D eigenvalue weighted by molar-refractivity contribution is 0.120. The second-order valence-corrected chi connectivity index (χ2v) is 6.75. The van der Waals surface area contributed by atoms with E-state index in [1.807, 2.05) is 6.20 Å². The molecular formula is C16H26N2O. The molecule has 1 fully saturated rings. The summed E-state index contributed by atoms with van der Waals surface area (Å²) in [5, 5.41) is 0. The highest BCUT2D eigenvalue weighted by Gasteiger charge is 2.30. The molecule has 0 N–H and O–H groups in total. The maximum Gasteiger partial charge on any atom is 0.138 e. The van der Waals surface area contributed by atoms with Crippen LogP contribution in [0.25, 0.3) is 0 Å². The molecule has 0 aliphatic heterocycles. The van der Waals surface area contributed by atoms with E-state index >= 15 is 0 Å². The molecule has 0 bridgehead atoms. The van der Waals surface area contributed by atoms with Crippen LogP contribution >= 0.6 is 0 Å². The van der Waals surface area contributed by atoms with Gasteiger partial charge in [0.15, 0.2) is 0 Å². The number of nitrogens with zero attached hydrogens (tertiary/aromatic N) is 2. The molecule has 0 aromatic carbocycles. The van der Waals surface area contributed by atoms with E-state index in [1.54, 1.807) is 0 Å². The molecular weight excluding hydrogens is 236 g/mol. The predicted octanol–water partition coefficient (Wildman–Crippen LogP) is 3.24. The highest BCUT2D eigenvalue weighted by molar-refractivity contribution is 5.23. The van der Waals surface area contributed by atoms with Crippen molar-refractivity contribution < 1.29 is 4.74 Å². The molecule has 1 aromatic heterocycles. The third-order valence-electron chi connectivity index (χ3n) is 3.87. The van der Waals surface area contributed by atoms with Crippen LogP contribution in [0, 0.1) is 0 Å². The fraction of sp³-hybridized carbons (Fsp3) is 0.688. The smallest absolute Gasteiger partial charge is 0.138 e. The molecule has 0 radical (unpaired) electrons. The van der Waals surface area contributed by atoms with Crippen molar-refractivity contribution in [1.82, 2.24) is 9.88 Å². The zero-order valence-corrected chi connectivity index (χ0v) is 12.8. The first-order valence-corrected chi connectivity index (χ1v) is 7.17. The van der Waals surface area contributed by atoms with Gasteiger partial charge >= 0.3 is 0 Å². The van der Waals surface area contributed by atoms with Gasteiger partial charge in [-0.25, -0.2) is 0 Å². The number of hydrogen-bond acceptors (Lipinski definition) is 3. The van der Waals surface area contributed by atoms with Gasteiger partial charge in [-0.1, -0.05) is 20.8 Å². The number of hydrogen-bond donors (Lipinski definition) is 0. The number of likely N-dealkylation sites (N-methyl/N-ethyl adjacent to an activating group) is 1. The van der Waals surface area contributed by atoms with Crippen LogP contribution in [0.2, 0.25) is 0 Å². The van der Waals surface area contributed by atoms with E-state index in [2.05, 4.69) is 56.9 Å². The first-order chi connectivity index (χ1) is 8.88. The van der Waals surface area contributed by atoms with Crippen molar-refractivity contribution in [3.63, 3.8) is 0 Å². The van der Waals surface area contributed by atoms with Gasteiger partial charge in [0.25, 0.3) is 0 Å². The van der Waals surface area contributed by atoms with Gasteiger partial charge in [-0.05, 0) is 45.5 Å². The molecule has 1 aliphatic rings. The Morgan fingerprint density at radius 1 is 1.21 bits per heavy atom. The quantitative estimate of drug-likeness (QED) is 0.836. The molecule has 3 heteroatoms. The van der Waals surface area contributed by atoms with Crippen molar-refractivity contribution >= 4 is 0 Å². The van der Waals surface area contributed by atoms with Crippen LogP contribution in [0.1, 0.15) is 45.7 Å². The predicted molar refractivity (Wildman–Crippen MR) is 78.7 cm³/mol. The average Bonchev–Trinajstić information content (AvgIpc) is 2.77. The van der Waals surface area contributed by atoms with E-state index in [0.29, 0.717) is 12.1 Å². The van der Waals surface area contributed by atoms with Crippen LogP contribution in [0.5, 0.6) is 5.75 Å². The summed E-state index contributed by atoms with van der Waals surface area (Å²) in [7, 11) is 4.26. The lowest BCUT2D eigenvalue weighted by atomic mass is 9.92. The maximum atomic E-state index is 6.11. The average molecular weight is 262 g/mol. The molecule has 0 saturated heterocycles. The van der Waals surface area contributed by atoms with Crippen LogP contribution in [-0.2, 0) is 5.41 Å². The van der Waals surface area contributed by atoms with Gasteiger partial charge in [-0.2, -0.15) is 0 Å². The maximum absolute atomic E-state index is 6.11. The van der Waals surface area contributed by atoms with E-state index in [4.69, 9.17) is 4.74 Å². The summed E-state index contributed by atoms with van der Waals surface area (Å²) in [6.07, 6.45) is 5.79. The molecule has 1 aliphatic carbocycles. The Balaban J connectivity index is 2.04. The molecule has 106 valence electrons. The van der Waals surface area contributed by atoms with E-state index in [9.17, 15) is 0 Å². The minimum Gasteiger partial charge on any atom is -0.487 e. The highest BCUT2D eigenvalue weighted by Crippen LogP contribution is 2.28. The number of ether oxygens (including phenoxy) is 1. The molecule has 0 unspecified atom stereocenters. The normalized spacial score (nSPS) is 23.9. The van der Waals surface area contributed by atoms with Crippen molar-refractivity contribution in [2.75, 3.05) is 14.1 Å². The summed E-state index contributed by atoms with van der Waals surface area (Å²) in [6.45, 7) is 6.53. The second-order valence-electron chi connectivity index (χ2n) is 6.75. The Morgan fingerprint density at radius 2 is 1.95 bits per heavy atom. The summed E-state index contributed by atoms with van der Waals surface area (Å²) in [5.74, 6) is 0.895. The molecule has 2 rings (SSSR count). The third-order valence-corrected chi connectivity index (χ3v) is 3.87. The topological polar surface area (TPSA) is 25.4 Å². The van der Waals surface area contributed by atoms with Gasteiger partial charge in [0.05, 0.1) is 6.20 Å². The Bertz CT molecular complexity index is 406. The second kappa shape index (κ2) is 5.49. The van der Waals surface area contributed by atoms with E-state index in [1.165, 1.54) is 12.8 Å². The summed E-state index contributed by atoms with van der Waals surface area (Å²) in [6, 6.07) is 4.66. The summed E-state index contributed by atoms with van der Waals surface area (Å²) in [4.78, 5) is 6.80. The largest absolute Gasteiger partial charge is 0.487 e. The Kier molecular flexibility index (Phi) is 4.14.